The van der Waals surface area contributed by atoms with E-state index in [1.54, 1.807) is 27.0 Å². The minimum atomic E-state index is -1.40. The fourth-order valence-corrected chi connectivity index (χ4v) is 2.96. The Morgan fingerprint density at radius 3 is 2.39 bits per heavy atom. The molecule has 2 amide bonds. The van der Waals surface area contributed by atoms with Gasteiger partial charge in [0.15, 0.2) is 0 Å². The number of aliphatic carboxylic acids is 1. The molecule has 0 bridgehead atoms. The highest BCUT2D eigenvalue weighted by Gasteiger charge is 2.30. The van der Waals surface area contributed by atoms with Gasteiger partial charge >= 0.3 is 18.0 Å². The molecule has 2 atom stereocenters. The number of carbonyl (C=O) groups excluding carboxylic acids is 3. The lowest BCUT2D eigenvalue weighted by atomic mass is 10.0. The van der Waals surface area contributed by atoms with Crippen LogP contribution in [0.1, 0.15) is 32.8 Å². The van der Waals surface area contributed by atoms with Gasteiger partial charge in [-0.2, -0.15) is 0 Å². The molecule has 0 aliphatic heterocycles. The number of carboxylic acid groups (broad SMARTS) is 1. The van der Waals surface area contributed by atoms with Gasteiger partial charge in [0.1, 0.15) is 17.7 Å². The summed E-state index contributed by atoms with van der Waals surface area (Å²) in [6, 6.07) is 4.91. The lowest BCUT2D eigenvalue weighted by Gasteiger charge is -2.24. The number of para-hydroxylation sites is 1. The van der Waals surface area contributed by atoms with E-state index in [2.05, 4.69) is 20.4 Å². The molecule has 1 heterocycles. The van der Waals surface area contributed by atoms with Crippen molar-refractivity contribution in [3.63, 3.8) is 0 Å². The van der Waals surface area contributed by atoms with Crippen LogP contribution in [0, 0.1) is 0 Å². The Kier molecular flexibility index (Phi) is 7.62. The molecule has 0 radical (unpaired) electrons. The van der Waals surface area contributed by atoms with Crippen LogP contribution in [0.3, 0.4) is 0 Å². The van der Waals surface area contributed by atoms with Gasteiger partial charge < -0.3 is 30.2 Å². The van der Waals surface area contributed by atoms with Gasteiger partial charge in [-0.1, -0.05) is 18.2 Å². The molecule has 10 nitrogen and oxygen atoms in total. The molecular formula is C21H27N3O7. The van der Waals surface area contributed by atoms with E-state index in [-0.39, 0.29) is 6.42 Å². The van der Waals surface area contributed by atoms with E-state index in [0.29, 0.717) is 0 Å². The molecule has 0 aliphatic rings. The smallest absolute Gasteiger partial charge is 0.408 e. The first-order valence-electron chi connectivity index (χ1n) is 9.64. The number of aromatic amines is 1. The van der Waals surface area contributed by atoms with Crippen molar-refractivity contribution in [3.8, 4) is 0 Å². The van der Waals surface area contributed by atoms with Crippen LogP contribution < -0.4 is 10.6 Å². The average molecular weight is 433 g/mol. The number of carboxylic acids is 1. The van der Waals surface area contributed by atoms with Gasteiger partial charge in [-0.3, -0.25) is 9.59 Å². The number of alkyl carbamates (subject to hydrolysis) is 1. The number of fused-ring (bicyclic) bond motifs is 1. The van der Waals surface area contributed by atoms with Crippen LogP contribution in [0.25, 0.3) is 10.9 Å². The summed E-state index contributed by atoms with van der Waals surface area (Å²) in [4.78, 5) is 51.3. The molecule has 10 heteroatoms. The Morgan fingerprint density at radius 1 is 1.10 bits per heavy atom. The van der Waals surface area contributed by atoms with Crippen LogP contribution in [0.5, 0.6) is 0 Å². The lowest BCUT2D eigenvalue weighted by Crippen LogP contribution is -2.53. The molecule has 1 aromatic carbocycles. The summed E-state index contributed by atoms with van der Waals surface area (Å²) in [7, 11) is 1.09. The molecule has 0 saturated heterocycles. The van der Waals surface area contributed by atoms with Crippen LogP contribution in [-0.4, -0.2) is 58.8 Å². The normalized spacial score (nSPS) is 13.2. The third-order valence-electron chi connectivity index (χ3n) is 4.29. The standard InChI is InChI=1S/C21H27N3O7/c1-21(2,3)31-20(29)24-15(9-12-11-22-14-8-6-5-7-13(12)14)18(27)23-16(10-17(25)26)19(28)30-4/h5-8,11,15-16,22H,9-10H2,1-4H3,(H,23,27)(H,24,29)(H,25,26)/t15-,16-/m0/s1. The van der Waals surface area contributed by atoms with Crippen molar-refractivity contribution in [1.29, 1.82) is 0 Å². The Hall–Kier alpha value is -3.56. The minimum Gasteiger partial charge on any atom is -0.481 e. The van der Waals surface area contributed by atoms with Gasteiger partial charge in [0.25, 0.3) is 0 Å². The molecule has 4 N–H and O–H groups in total. The quantitative estimate of drug-likeness (QED) is 0.464. The predicted molar refractivity (Wildman–Crippen MR) is 111 cm³/mol. The number of amides is 2. The molecule has 31 heavy (non-hydrogen) atoms. The van der Waals surface area contributed by atoms with Crippen molar-refractivity contribution in [2.75, 3.05) is 7.11 Å². The zero-order valence-electron chi connectivity index (χ0n) is 17.9. The Morgan fingerprint density at radius 2 is 1.77 bits per heavy atom. The van der Waals surface area contributed by atoms with E-state index in [9.17, 15) is 19.2 Å². The second-order valence-electron chi connectivity index (χ2n) is 7.94. The highest BCUT2D eigenvalue weighted by atomic mass is 16.6. The number of hydrogen-bond donors (Lipinski definition) is 4. The number of hydrogen-bond acceptors (Lipinski definition) is 6. The number of aromatic nitrogens is 1. The number of benzene rings is 1. The highest BCUT2D eigenvalue weighted by molar-refractivity contribution is 5.92. The van der Waals surface area contributed by atoms with Crippen LogP contribution in [-0.2, 0) is 30.3 Å². The summed E-state index contributed by atoms with van der Waals surface area (Å²) in [5.41, 5.74) is 0.816. The van der Waals surface area contributed by atoms with Crippen molar-refractivity contribution in [1.82, 2.24) is 15.6 Å². The zero-order chi connectivity index (χ0) is 23.2. The van der Waals surface area contributed by atoms with E-state index in [0.717, 1.165) is 23.6 Å². The number of nitrogens with one attached hydrogen (secondary N) is 3. The van der Waals surface area contributed by atoms with Crippen molar-refractivity contribution < 1.29 is 33.8 Å². The molecular weight excluding hydrogens is 406 g/mol. The zero-order valence-corrected chi connectivity index (χ0v) is 17.9. The maximum absolute atomic E-state index is 12.9. The molecule has 0 unspecified atom stereocenters. The first kappa shape index (κ1) is 23.7. The Balaban J connectivity index is 2.26. The number of esters is 1. The second kappa shape index (κ2) is 9.96. The number of methoxy groups -OCH3 is 1. The van der Waals surface area contributed by atoms with E-state index in [4.69, 9.17) is 9.84 Å². The topological polar surface area (TPSA) is 147 Å². The van der Waals surface area contributed by atoms with Gasteiger partial charge in [0, 0.05) is 23.5 Å². The largest absolute Gasteiger partial charge is 0.481 e. The summed E-state index contributed by atoms with van der Waals surface area (Å²) in [5.74, 6) is -2.93. The third-order valence-corrected chi connectivity index (χ3v) is 4.29. The van der Waals surface area contributed by atoms with Crippen molar-refractivity contribution in [3.05, 3.63) is 36.0 Å². The first-order valence-corrected chi connectivity index (χ1v) is 9.64. The van der Waals surface area contributed by atoms with E-state index in [1.165, 1.54) is 0 Å². The number of carbonyl (C=O) groups is 4. The van der Waals surface area contributed by atoms with Crippen molar-refractivity contribution >= 4 is 34.8 Å². The molecule has 2 aromatic rings. The summed E-state index contributed by atoms with van der Waals surface area (Å²) < 4.78 is 9.81. The fourth-order valence-electron chi connectivity index (χ4n) is 2.96. The van der Waals surface area contributed by atoms with Crippen LogP contribution in [0.4, 0.5) is 4.79 Å². The first-order chi connectivity index (χ1) is 14.5. The summed E-state index contributed by atoms with van der Waals surface area (Å²) >= 11 is 0. The predicted octanol–water partition coefficient (Wildman–Crippen LogP) is 1.74. The summed E-state index contributed by atoms with van der Waals surface area (Å²) in [6.07, 6.45) is 0.317. The van der Waals surface area contributed by atoms with Crippen molar-refractivity contribution in [2.45, 2.75) is 51.3 Å². The molecule has 0 fully saturated rings. The van der Waals surface area contributed by atoms with E-state index < -0.39 is 48.0 Å². The molecule has 0 aliphatic carbocycles. The van der Waals surface area contributed by atoms with Crippen LogP contribution in [0.15, 0.2) is 30.5 Å². The van der Waals surface area contributed by atoms with E-state index >= 15 is 0 Å². The monoisotopic (exact) mass is 433 g/mol. The molecule has 0 saturated carbocycles. The van der Waals surface area contributed by atoms with Gasteiger partial charge in [-0.15, -0.1) is 0 Å². The maximum atomic E-state index is 12.9. The van der Waals surface area contributed by atoms with Crippen molar-refractivity contribution in [2.24, 2.45) is 0 Å². The number of rotatable bonds is 8. The van der Waals surface area contributed by atoms with Crippen LogP contribution >= 0.6 is 0 Å². The highest BCUT2D eigenvalue weighted by Crippen LogP contribution is 2.19. The van der Waals surface area contributed by atoms with Gasteiger partial charge in [-0.05, 0) is 32.4 Å². The summed E-state index contributed by atoms with van der Waals surface area (Å²) in [5, 5.41) is 14.7. The SMILES string of the molecule is COC(=O)[C@H](CC(=O)O)NC(=O)[C@H](Cc1c[nH]c2ccccc12)NC(=O)OC(C)(C)C. The molecule has 2 rings (SSSR count). The van der Waals surface area contributed by atoms with Crippen LogP contribution in [0.2, 0.25) is 0 Å². The summed E-state index contributed by atoms with van der Waals surface area (Å²) in [6.45, 7) is 5.05. The fraction of sp³-hybridized carbons (Fsp3) is 0.429. The second-order valence-corrected chi connectivity index (χ2v) is 7.94. The Labute approximate surface area is 179 Å². The van der Waals surface area contributed by atoms with Gasteiger partial charge in [-0.25, -0.2) is 9.59 Å². The maximum Gasteiger partial charge on any atom is 0.408 e. The Bertz CT molecular complexity index is 961. The average Bonchev–Trinajstić information content (AvgIpc) is 3.07. The number of ether oxygens (including phenoxy) is 2. The third kappa shape index (κ3) is 7.02. The minimum absolute atomic E-state index is 0.0794. The van der Waals surface area contributed by atoms with Gasteiger partial charge in [0.05, 0.1) is 13.5 Å². The number of H-pyrrole nitrogens is 1. The van der Waals surface area contributed by atoms with Gasteiger partial charge in [0.2, 0.25) is 5.91 Å². The molecule has 0 spiro atoms. The molecule has 1 aromatic heterocycles. The lowest BCUT2D eigenvalue weighted by molar-refractivity contribution is -0.149. The van der Waals surface area contributed by atoms with E-state index in [1.807, 2.05) is 24.3 Å². The molecule has 168 valence electrons.